The number of ether oxygens (including phenoxy) is 1. The Hall–Kier alpha value is -2.97. The zero-order chi connectivity index (χ0) is 20.5. The molecule has 0 atom stereocenters. The molecule has 1 saturated heterocycles. The molecule has 4 heterocycles. The van der Waals surface area contributed by atoms with E-state index in [0.29, 0.717) is 23.1 Å². The number of aromatic nitrogens is 3. The number of hydrogen-bond acceptors (Lipinski definition) is 6. The molecule has 1 aliphatic carbocycles. The largest absolute Gasteiger partial charge is 0.379 e. The Kier molecular flexibility index (Phi) is 5.10. The van der Waals surface area contributed by atoms with E-state index < -0.39 is 5.82 Å². The Bertz CT molecular complexity index is 1080. The number of halogens is 1. The van der Waals surface area contributed by atoms with Crippen molar-refractivity contribution in [3.05, 3.63) is 48.8 Å². The van der Waals surface area contributed by atoms with E-state index in [1.807, 2.05) is 12.1 Å². The second kappa shape index (κ2) is 8.04. The number of carbonyl (C=O) groups excluding carboxylic acids is 1. The molecule has 30 heavy (non-hydrogen) atoms. The van der Waals surface area contributed by atoms with Gasteiger partial charge in [-0.15, -0.1) is 0 Å². The molecule has 7 nitrogen and oxygen atoms in total. The number of pyridine rings is 3. The quantitative estimate of drug-likeness (QED) is 0.716. The highest BCUT2D eigenvalue weighted by Gasteiger charge is 2.38. The lowest BCUT2D eigenvalue weighted by atomic mass is 9.78. The van der Waals surface area contributed by atoms with Gasteiger partial charge < -0.3 is 10.1 Å². The van der Waals surface area contributed by atoms with Crippen molar-refractivity contribution in [1.29, 1.82) is 0 Å². The van der Waals surface area contributed by atoms with Crippen LogP contribution in [0.25, 0.3) is 22.0 Å². The van der Waals surface area contributed by atoms with Crippen LogP contribution >= 0.6 is 0 Å². The van der Waals surface area contributed by atoms with Crippen molar-refractivity contribution in [2.45, 2.75) is 18.9 Å². The molecule has 3 aromatic heterocycles. The summed E-state index contributed by atoms with van der Waals surface area (Å²) in [4.78, 5) is 27.6. The van der Waals surface area contributed by atoms with Gasteiger partial charge >= 0.3 is 0 Å². The average molecular weight is 407 g/mol. The molecule has 0 spiro atoms. The van der Waals surface area contributed by atoms with Crippen molar-refractivity contribution in [3.8, 4) is 11.3 Å². The molecular formula is C22H22FN5O2. The Morgan fingerprint density at radius 2 is 1.83 bits per heavy atom. The Morgan fingerprint density at radius 3 is 2.63 bits per heavy atom. The summed E-state index contributed by atoms with van der Waals surface area (Å²) in [5, 5.41) is 4.66. The van der Waals surface area contributed by atoms with Crippen LogP contribution in [0.1, 0.15) is 12.8 Å². The molecule has 1 N–H and O–H groups in total. The van der Waals surface area contributed by atoms with Gasteiger partial charge in [0.2, 0.25) is 5.91 Å². The summed E-state index contributed by atoms with van der Waals surface area (Å²) < 4.78 is 18.9. The SMILES string of the molecule is O=C(Nc1cc2cc(-c3cncc(F)c3)ncc2cn1)C1CC(N2CCOCC2)C1. The molecule has 154 valence electrons. The standard InChI is InChI=1S/C22H22FN5O2/c23-18-5-16(10-24-13-18)20-8-14-9-21(26-12-17(14)11-25-20)27-22(29)15-6-19(7-15)28-1-3-30-4-2-28/h5,8-13,15,19H,1-4,6-7H2,(H,26,27,29). The number of fused-ring (bicyclic) bond motifs is 1. The van der Waals surface area contributed by atoms with E-state index in [1.165, 1.54) is 6.07 Å². The molecule has 1 amide bonds. The van der Waals surface area contributed by atoms with Crippen LogP contribution in [-0.2, 0) is 9.53 Å². The molecule has 1 saturated carbocycles. The average Bonchev–Trinajstić information content (AvgIpc) is 2.73. The molecule has 2 fully saturated rings. The summed E-state index contributed by atoms with van der Waals surface area (Å²) in [6.07, 6.45) is 7.85. The van der Waals surface area contributed by atoms with Gasteiger partial charge in [0.1, 0.15) is 11.6 Å². The zero-order valence-electron chi connectivity index (χ0n) is 16.4. The first-order valence-corrected chi connectivity index (χ1v) is 10.1. The summed E-state index contributed by atoms with van der Waals surface area (Å²) in [5.74, 6) is 0.126. The molecule has 2 aliphatic rings. The van der Waals surface area contributed by atoms with Crippen LogP contribution in [0.3, 0.4) is 0 Å². The molecular weight excluding hydrogens is 385 g/mol. The van der Waals surface area contributed by atoms with Crippen molar-refractivity contribution in [2.75, 3.05) is 31.6 Å². The Balaban J connectivity index is 1.27. The second-order valence-corrected chi connectivity index (χ2v) is 7.84. The maximum absolute atomic E-state index is 13.5. The minimum Gasteiger partial charge on any atom is -0.379 e. The number of rotatable bonds is 4. The molecule has 5 rings (SSSR count). The number of carbonyl (C=O) groups is 1. The molecule has 0 bridgehead atoms. The highest BCUT2D eigenvalue weighted by molar-refractivity contribution is 5.95. The third-order valence-electron chi connectivity index (χ3n) is 5.90. The highest BCUT2D eigenvalue weighted by atomic mass is 19.1. The van der Waals surface area contributed by atoms with Gasteiger partial charge in [0.05, 0.1) is 25.1 Å². The van der Waals surface area contributed by atoms with Crippen LogP contribution in [0.15, 0.2) is 43.0 Å². The normalized spacial score (nSPS) is 21.9. The van der Waals surface area contributed by atoms with E-state index in [0.717, 1.165) is 56.1 Å². The smallest absolute Gasteiger partial charge is 0.228 e. The predicted octanol–water partition coefficient (Wildman–Crippen LogP) is 2.88. The van der Waals surface area contributed by atoms with Crippen LogP contribution in [0, 0.1) is 11.7 Å². The van der Waals surface area contributed by atoms with Crippen LogP contribution in [0.4, 0.5) is 10.2 Å². The minimum absolute atomic E-state index is 0.00923. The van der Waals surface area contributed by atoms with Crippen molar-refractivity contribution in [3.63, 3.8) is 0 Å². The zero-order valence-corrected chi connectivity index (χ0v) is 16.4. The summed E-state index contributed by atoms with van der Waals surface area (Å²) in [6, 6.07) is 5.54. The van der Waals surface area contributed by atoms with E-state index >= 15 is 0 Å². The summed E-state index contributed by atoms with van der Waals surface area (Å²) in [7, 11) is 0. The monoisotopic (exact) mass is 407 g/mol. The summed E-state index contributed by atoms with van der Waals surface area (Å²) in [6.45, 7) is 3.44. The fraction of sp³-hybridized carbons (Fsp3) is 0.364. The van der Waals surface area contributed by atoms with Crippen molar-refractivity contribution < 1.29 is 13.9 Å². The maximum Gasteiger partial charge on any atom is 0.228 e. The first kappa shape index (κ1) is 19.0. The fourth-order valence-corrected chi connectivity index (χ4v) is 4.09. The second-order valence-electron chi connectivity index (χ2n) is 7.84. The number of amides is 1. The molecule has 0 unspecified atom stereocenters. The van der Waals surface area contributed by atoms with E-state index in [-0.39, 0.29) is 11.8 Å². The Labute approximate surface area is 173 Å². The van der Waals surface area contributed by atoms with Gasteiger partial charge in [-0.3, -0.25) is 19.7 Å². The lowest BCUT2D eigenvalue weighted by Gasteiger charge is -2.43. The van der Waals surface area contributed by atoms with Crippen LogP contribution in [0.2, 0.25) is 0 Å². The van der Waals surface area contributed by atoms with E-state index in [9.17, 15) is 9.18 Å². The number of hydrogen-bond donors (Lipinski definition) is 1. The third-order valence-corrected chi connectivity index (χ3v) is 5.90. The van der Waals surface area contributed by atoms with Crippen LogP contribution in [-0.4, -0.2) is 58.1 Å². The summed E-state index contributed by atoms with van der Waals surface area (Å²) in [5.41, 5.74) is 1.22. The molecule has 3 aromatic rings. The number of anilines is 1. The molecule has 0 aromatic carbocycles. The van der Waals surface area contributed by atoms with E-state index in [1.54, 1.807) is 18.6 Å². The van der Waals surface area contributed by atoms with Gasteiger partial charge in [-0.2, -0.15) is 0 Å². The topological polar surface area (TPSA) is 80.2 Å². The lowest BCUT2D eigenvalue weighted by molar-refractivity contribution is -0.125. The van der Waals surface area contributed by atoms with Crippen molar-refractivity contribution in [1.82, 2.24) is 19.9 Å². The predicted molar refractivity (Wildman–Crippen MR) is 110 cm³/mol. The first-order chi connectivity index (χ1) is 14.7. The molecule has 0 radical (unpaired) electrons. The van der Waals surface area contributed by atoms with E-state index in [2.05, 4.69) is 25.2 Å². The maximum atomic E-state index is 13.5. The highest BCUT2D eigenvalue weighted by Crippen LogP contribution is 2.33. The lowest BCUT2D eigenvalue weighted by Crippen LogP contribution is -2.52. The first-order valence-electron chi connectivity index (χ1n) is 10.1. The van der Waals surface area contributed by atoms with Gasteiger partial charge in [0, 0.05) is 54.6 Å². The third kappa shape index (κ3) is 3.88. The van der Waals surface area contributed by atoms with Crippen molar-refractivity contribution in [2.24, 2.45) is 5.92 Å². The van der Waals surface area contributed by atoms with Crippen LogP contribution in [0.5, 0.6) is 0 Å². The van der Waals surface area contributed by atoms with Crippen molar-refractivity contribution >= 4 is 22.5 Å². The van der Waals surface area contributed by atoms with Gasteiger partial charge in [-0.1, -0.05) is 0 Å². The molecule has 8 heteroatoms. The number of nitrogens with one attached hydrogen (secondary N) is 1. The summed E-state index contributed by atoms with van der Waals surface area (Å²) >= 11 is 0. The van der Waals surface area contributed by atoms with Gasteiger partial charge in [0.15, 0.2) is 0 Å². The molecule has 1 aliphatic heterocycles. The minimum atomic E-state index is -0.409. The Morgan fingerprint density at radius 1 is 1.03 bits per heavy atom. The van der Waals surface area contributed by atoms with Gasteiger partial charge in [0.25, 0.3) is 0 Å². The van der Waals surface area contributed by atoms with Gasteiger partial charge in [-0.25, -0.2) is 9.37 Å². The van der Waals surface area contributed by atoms with Crippen LogP contribution < -0.4 is 5.32 Å². The van der Waals surface area contributed by atoms with E-state index in [4.69, 9.17) is 4.74 Å². The number of nitrogens with zero attached hydrogens (tertiary/aromatic N) is 4. The van der Waals surface area contributed by atoms with Gasteiger partial charge in [-0.05, 0) is 36.4 Å². The fourth-order valence-electron chi connectivity index (χ4n) is 4.09. The number of morpholine rings is 1.